The Balaban J connectivity index is 2.19. The zero-order valence-electron chi connectivity index (χ0n) is 13.9. The topological polar surface area (TPSA) is 32.3 Å². The molecule has 1 N–H and O–H groups in total. The molecule has 1 amide bonds. The van der Waals surface area contributed by atoms with Crippen LogP contribution in [0.5, 0.6) is 0 Å². The van der Waals surface area contributed by atoms with Crippen molar-refractivity contribution < 1.29 is 4.79 Å². The summed E-state index contributed by atoms with van der Waals surface area (Å²) in [5.74, 6) is -0.0910. The van der Waals surface area contributed by atoms with E-state index < -0.39 is 0 Å². The second-order valence-corrected chi connectivity index (χ2v) is 6.71. The SMILES string of the molecule is CCN(CC)[C@H](CNC(=O)c1ccccc1Br)c1ccccc1Cl. The van der Waals surface area contributed by atoms with Gasteiger partial charge < -0.3 is 5.32 Å². The molecule has 2 rings (SSSR count). The number of rotatable bonds is 7. The lowest BCUT2D eigenvalue weighted by molar-refractivity contribution is 0.0934. The molecule has 0 bridgehead atoms. The van der Waals surface area contributed by atoms with Crippen LogP contribution in [0.4, 0.5) is 0 Å². The van der Waals surface area contributed by atoms with Crippen LogP contribution in [0.3, 0.4) is 0 Å². The number of hydrogen-bond acceptors (Lipinski definition) is 2. The first-order valence-corrected chi connectivity index (χ1v) is 9.26. The molecule has 24 heavy (non-hydrogen) atoms. The number of likely N-dealkylation sites (N-methyl/N-ethyl adjacent to an activating group) is 1. The molecule has 2 aromatic rings. The molecule has 128 valence electrons. The van der Waals surface area contributed by atoms with E-state index in [0.717, 1.165) is 28.1 Å². The number of carbonyl (C=O) groups excluding carboxylic acids is 1. The van der Waals surface area contributed by atoms with E-state index in [-0.39, 0.29) is 11.9 Å². The Morgan fingerprint density at radius 2 is 1.75 bits per heavy atom. The molecule has 0 radical (unpaired) electrons. The number of nitrogens with zero attached hydrogens (tertiary/aromatic N) is 1. The lowest BCUT2D eigenvalue weighted by Crippen LogP contribution is -2.38. The fourth-order valence-corrected chi connectivity index (χ4v) is 3.50. The summed E-state index contributed by atoms with van der Waals surface area (Å²) in [5.41, 5.74) is 1.67. The van der Waals surface area contributed by atoms with Crippen LogP contribution in [0.2, 0.25) is 5.02 Å². The molecule has 0 saturated carbocycles. The minimum atomic E-state index is -0.0910. The second kappa shape index (κ2) is 9.21. The molecule has 5 heteroatoms. The molecule has 0 spiro atoms. The molecular weight excluding hydrogens is 388 g/mol. The molecule has 3 nitrogen and oxygen atoms in total. The first kappa shape index (κ1) is 19.0. The minimum absolute atomic E-state index is 0.0418. The number of hydrogen-bond donors (Lipinski definition) is 1. The summed E-state index contributed by atoms with van der Waals surface area (Å²) < 4.78 is 0.791. The van der Waals surface area contributed by atoms with Crippen molar-refractivity contribution in [1.82, 2.24) is 10.2 Å². The molecule has 2 aromatic carbocycles. The van der Waals surface area contributed by atoms with Crippen molar-refractivity contribution in [2.45, 2.75) is 19.9 Å². The van der Waals surface area contributed by atoms with Gasteiger partial charge >= 0.3 is 0 Å². The fraction of sp³-hybridized carbons (Fsp3) is 0.316. The lowest BCUT2D eigenvalue weighted by atomic mass is 10.0. The van der Waals surface area contributed by atoms with Crippen molar-refractivity contribution in [3.8, 4) is 0 Å². The number of amides is 1. The van der Waals surface area contributed by atoms with Gasteiger partial charge in [0, 0.05) is 16.0 Å². The van der Waals surface area contributed by atoms with Crippen LogP contribution in [0.1, 0.15) is 35.8 Å². The first-order valence-electron chi connectivity index (χ1n) is 8.09. The van der Waals surface area contributed by atoms with E-state index in [9.17, 15) is 4.79 Å². The van der Waals surface area contributed by atoms with Gasteiger partial charge in [-0.1, -0.05) is 55.8 Å². The molecular formula is C19H22BrClN2O. The van der Waals surface area contributed by atoms with Gasteiger partial charge in [-0.05, 0) is 52.8 Å². The molecule has 0 aliphatic carbocycles. The monoisotopic (exact) mass is 408 g/mol. The molecule has 0 aromatic heterocycles. The molecule has 0 fully saturated rings. The van der Waals surface area contributed by atoms with Crippen LogP contribution in [0.25, 0.3) is 0 Å². The van der Waals surface area contributed by atoms with Gasteiger partial charge in [0.1, 0.15) is 0 Å². The van der Waals surface area contributed by atoms with Crippen molar-refractivity contribution in [3.63, 3.8) is 0 Å². The highest BCUT2D eigenvalue weighted by atomic mass is 79.9. The number of benzene rings is 2. The summed E-state index contributed by atoms with van der Waals surface area (Å²) in [6.45, 7) is 6.51. The highest BCUT2D eigenvalue weighted by Crippen LogP contribution is 2.27. The predicted molar refractivity (Wildman–Crippen MR) is 104 cm³/mol. The summed E-state index contributed by atoms with van der Waals surface area (Å²) in [7, 11) is 0. The van der Waals surface area contributed by atoms with E-state index in [1.165, 1.54) is 0 Å². The quantitative estimate of drug-likeness (QED) is 0.704. The van der Waals surface area contributed by atoms with Crippen molar-refractivity contribution >= 4 is 33.4 Å². The van der Waals surface area contributed by atoms with E-state index in [0.29, 0.717) is 12.1 Å². The minimum Gasteiger partial charge on any atom is -0.350 e. The Kier molecular flexibility index (Phi) is 7.28. The van der Waals surface area contributed by atoms with Crippen LogP contribution in [0, 0.1) is 0 Å². The van der Waals surface area contributed by atoms with E-state index in [1.54, 1.807) is 6.07 Å². The van der Waals surface area contributed by atoms with E-state index in [1.807, 2.05) is 42.5 Å². The Morgan fingerprint density at radius 3 is 2.38 bits per heavy atom. The smallest absolute Gasteiger partial charge is 0.252 e. The maximum Gasteiger partial charge on any atom is 0.252 e. The number of carbonyl (C=O) groups is 1. The maximum atomic E-state index is 12.5. The van der Waals surface area contributed by atoms with Crippen LogP contribution in [-0.2, 0) is 0 Å². The summed E-state index contributed by atoms with van der Waals surface area (Å²) in [4.78, 5) is 14.8. The van der Waals surface area contributed by atoms with Gasteiger partial charge in [0.2, 0.25) is 0 Å². The zero-order valence-corrected chi connectivity index (χ0v) is 16.3. The van der Waals surface area contributed by atoms with Gasteiger partial charge in [0.25, 0.3) is 5.91 Å². The first-order chi connectivity index (χ1) is 11.6. The van der Waals surface area contributed by atoms with Crippen molar-refractivity contribution in [2.75, 3.05) is 19.6 Å². The van der Waals surface area contributed by atoms with Crippen molar-refractivity contribution in [2.24, 2.45) is 0 Å². The van der Waals surface area contributed by atoms with Gasteiger partial charge in [-0.3, -0.25) is 9.69 Å². The Morgan fingerprint density at radius 1 is 1.12 bits per heavy atom. The van der Waals surface area contributed by atoms with Crippen molar-refractivity contribution in [1.29, 1.82) is 0 Å². The van der Waals surface area contributed by atoms with Gasteiger partial charge in [-0.2, -0.15) is 0 Å². The number of nitrogens with one attached hydrogen (secondary N) is 1. The summed E-state index contributed by atoms with van der Waals surface area (Å²) in [5, 5.41) is 3.77. The number of halogens is 2. The van der Waals surface area contributed by atoms with Crippen LogP contribution in [0.15, 0.2) is 53.0 Å². The summed E-state index contributed by atoms with van der Waals surface area (Å²) in [6.07, 6.45) is 0. The average Bonchev–Trinajstić information content (AvgIpc) is 2.59. The average molecular weight is 410 g/mol. The molecule has 0 aliphatic rings. The Hall–Kier alpha value is -1.36. The van der Waals surface area contributed by atoms with Crippen LogP contribution >= 0.6 is 27.5 Å². The molecule has 1 atom stereocenters. The van der Waals surface area contributed by atoms with Gasteiger partial charge in [0.05, 0.1) is 11.6 Å². The van der Waals surface area contributed by atoms with Gasteiger partial charge in [0.15, 0.2) is 0 Å². The van der Waals surface area contributed by atoms with Gasteiger partial charge in [-0.15, -0.1) is 0 Å². The van der Waals surface area contributed by atoms with E-state index in [4.69, 9.17) is 11.6 Å². The third-order valence-electron chi connectivity index (χ3n) is 4.09. The zero-order chi connectivity index (χ0) is 17.5. The second-order valence-electron chi connectivity index (χ2n) is 5.45. The van der Waals surface area contributed by atoms with E-state index >= 15 is 0 Å². The van der Waals surface area contributed by atoms with E-state index in [2.05, 4.69) is 40.0 Å². The fourth-order valence-electron chi connectivity index (χ4n) is 2.78. The summed E-state index contributed by atoms with van der Waals surface area (Å²) in [6, 6.07) is 15.3. The Labute approximate surface area is 157 Å². The molecule has 0 unspecified atom stereocenters. The van der Waals surface area contributed by atoms with Crippen LogP contribution in [-0.4, -0.2) is 30.4 Å². The third-order valence-corrected chi connectivity index (χ3v) is 5.13. The van der Waals surface area contributed by atoms with Gasteiger partial charge in [-0.25, -0.2) is 0 Å². The highest BCUT2D eigenvalue weighted by molar-refractivity contribution is 9.10. The predicted octanol–water partition coefficient (Wildman–Crippen LogP) is 4.92. The van der Waals surface area contributed by atoms with Crippen molar-refractivity contribution in [3.05, 3.63) is 69.2 Å². The standard InChI is InChI=1S/C19H22BrClN2O/c1-3-23(4-2)18(15-10-6-8-12-17(15)21)13-22-19(24)14-9-5-7-11-16(14)20/h5-12,18H,3-4,13H2,1-2H3,(H,22,24)/t18-/m1/s1. The molecule has 0 saturated heterocycles. The van der Waals surface area contributed by atoms with Crippen LogP contribution < -0.4 is 5.32 Å². The summed E-state index contributed by atoms with van der Waals surface area (Å²) >= 11 is 9.81. The molecule has 0 aliphatic heterocycles. The lowest BCUT2D eigenvalue weighted by Gasteiger charge is -2.31. The maximum absolute atomic E-state index is 12.5. The third kappa shape index (κ3) is 4.59. The highest BCUT2D eigenvalue weighted by Gasteiger charge is 2.21. The Bertz CT molecular complexity index is 689. The normalized spacial score (nSPS) is 12.2. The largest absolute Gasteiger partial charge is 0.350 e. The molecule has 0 heterocycles.